The average molecular weight is 356 g/mol. The molecule has 0 radical (unpaired) electrons. The van der Waals surface area contributed by atoms with Gasteiger partial charge in [0.2, 0.25) is 11.8 Å². The van der Waals surface area contributed by atoms with Crippen molar-refractivity contribution in [2.24, 2.45) is 5.92 Å². The van der Waals surface area contributed by atoms with Crippen LogP contribution in [0.15, 0.2) is 24.3 Å². The highest BCUT2D eigenvalue weighted by Gasteiger charge is 2.34. The van der Waals surface area contributed by atoms with E-state index in [1.165, 1.54) is 0 Å². The fourth-order valence-corrected chi connectivity index (χ4v) is 3.29. The summed E-state index contributed by atoms with van der Waals surface area (Å²) in [5.74, 6) is 1.97. The van der Waals surface area contributed by atoms with E-state index in [1.807, 2.05) is 23.1 Å². The summed E-state index contributed by atoms with van der Waals surface area (Å²) in [7, 11) is 0. The van der Waals surface area contributed by atoms with Crippen molar-refractivity contribution in [1.29, 1.82) is 0 Å². The lowest BCUT2D eigenvalue weighted by atomic mass is 10.2. The molecule has 0 spiro atoms. The van der Waals surface area contributed by atoms with Crippen LogP contribution >= 0.6 is 0 Å². The normalized spacial score (nSPS) is 20.2. The molecule has 6 heteroatoms. The van der Waals surface area contributed by atoms with E-state index in [0.29, 0.717) is 39.4 Å². The predicted octanol–water partition coefficient (Wildman–Crippen LogP) is 1.94. The molecule has 0 unspecified atom stereocenters. The smallest absolute Gasteiger partial charge is 0.246 e. The highest BCUT2D eigenvalue weighted by Crippen LogP contribution is 2.32. The van der Waals surface area contributed by atoms with E-state index in [4.69, 9.17) is 9.47 Å². The summed E-state index contributed by atoms with van der Waals surface area (Å²) in [5, 5.41) is 0. The zero-order valence-electron chi connectivity index (χ0n) is 14.9. The molecule has 1 aromatic rings. The highest BCUT2D eigenvalue weighted by molar-refractivity contribution is 5.92. The summed E-state index contributed by atoms with van der Waals surface area (Å²) < 4.78 is 11.3. The van der Waals surface area contributed by atoms with Gasteiger partial charge in [0.25, 0.3) is 0 Å². The molecule has 3 aliphatic rings. The van der Waals surface area contributed by atoms with E-state index in [-0.39, 0.29) is 17.7 Å². The molecule has 2 fully saturated rings. The zero-order valence-corrected chi connectivity index (χ0v) is 14.9. The molecule has 0 N–H and O–H groups in total. The molecule has 26 heavy (non-hydrogen) atoms. The van der Waals surface area contributed by atoms with Crippen molar-refractivity contribution in [2.45, 2.75) is 19.3 Å². The van der Waals surface area contributed by atoms with Crippen molar-refractivity contribution in [3.8, 4) is 11.5 Å². The van der Waals surface area contributed by atoms with Crippen LogP contribution in [0.25, 0.3) is 6.08 Å². The van der Waals surface area contributed by atoms with Gasteiger partial charge in [-0.15, -0.1) is 0 Å². The second-order valence-corrected chi connectivity index (χ2v) is 7.01. The Morgan fingerprint density at radius 1 is 0.962 bits per heavy atom. The Labute approximate surface area is 153 Å². The number of fused-ring (bicyclic) bond motifs is 1. The monoisotopic (exact) mass is 356 g/mol. The summed E-state index contributed by atoms with van der Waals surface area (Å²) in [6.45, 7) is 3.78. The number of piperazine rings is 1. The number of carbonyl (C=O) groups is 2. The van der Waals surface area contributed by atoms with Crippen LogP contribution in [0, 0.1) is 5.92 Å². The second-order valence-electron chi connectivity index (χ2n) is 7.01. The van der Waals surface area contributed by atoms with Gasteiger partial charge in [-0.05, 0) is 36.6 Å². The Hall–Kier alpha value is -2.50. The number of rotatable bonds is 3. The number of ether oxygens (including phenoxy) is 2. The lowest BCUT2D eigenvalue weighted by molar-refractivity contribution is -0.138. The molecule has 0 atom stereocenters. The van der Waals surface area contributed by atoms with Gasteiger partial charge in [-0.1, -0.05) is 6.07 Å². The third-order valence-electron chi connectivity index (χ3n) is 5.02. The predicted molar refractivity (Wildman–Crippen MR) is 97.0 cm³/mol. The van der Waals surface area contributed by atoms with Crippen LogP contribution in [0.3, 0.4) is 0 Å². The standard InChI is InChI=1S/C20H24N2O4/c23-19(21-8-10-22(11-9-21)20(24)16-4-5-16)7-3-15-2-6-17-18(14-15)26-13-1-12-25-17/h2-3,6-7,14,16H,1,4-5,8-13H2/b7-3+. The van der Waals surface area contributed by atoms with Gasteiger partial charge in [0, 0.05) is 44.6 Å². The minimum Gasteiger partial charge on any atom is -0.490 e. The van der Waals surface area contributed by atoms with Gasteiger partial charge in [-0.25, -0.2) is 0 Å². The first-order chi connectivity index (χ1) is 12.7. The minimum atomic E-state index is -0.0179. The Kier molecular flexibility index (Phi) is 4.82. The van der Waals surface area contributed by atoms with Crippen molar-refractivity contribution < 1.29 is 19.1 Å². The van der Waals surface area contributed by atoms with Gasteiger partial charge >= 0.3 is 0 Å². The van der Waals surface area contributed by atoms with E-state index in [0.717, 1.165) is 36.3 Å². The summed E-state index contributed by atoms with van der Waals surface area (Å²) >= 11 is 0. The molecule has 2 heterocycles. The minimum absolute atomic E-state index is 0.0179. The molecule has 4 rings (SSSR count). The SMILES string of the molecule is O=C(/C=C/c1ccc2c(c1)OCCCO2)N1CCN(C(=O)C2CC2)CC1. The van der Waals surface area contributed by atoms with E-state index < -0.39 is 0 Å². The molecule has 1 aromatic carbocycles. The molecular formula is C20H24N2O4. The quantitative estimate of drug-likeness (QED) is 0.777. The lowest BCUT2D eigenvalue weighted by Crippen LogP contribution is -2.50. The molecule has 1 aliphatic carbocycles. The first-order valence-corrected chi connectivity index (χ1v) is 9.36. The average Bonchev–Trinajstić information content (AvgIpc) is 3.52. The van der Waals surface area contributed by atoms with Crippen molar-refractivity contribution in [3.63, 3.8) is 0 Å². The zero-order chi connectivity index (χ0) is 17.9. The summed E-state index contributed by atoms with van der Waals surface area (Å²) in [6.07, 6.45) is 6.32. The van der Waals surface area contributed by atoms with E-state index in [1.54, 1.807) is 17.1 Å². The summed E-state index contributed by atoms with van der Waals surface area (Å²) in [5.41, 5.74) is 0.908. The third-order valence-corrected chi connectivity index (χ3v) is 5.02. The maximum atomic E-state index is 12.4. The molecule has 0 aromatic heterocycles. The molecule has 0 bridgehead atoms. The Balaban J connectivity index is 1.33. The van der Waals surface area contributed by atoms with E-state index in [2.05, 4.69) is 0 Å². The topological polar surface area (TPSA) is 59.1 Å². The number of hydrogen-bond acceptors (Lipinski definition) is 4. The van der Waals surface area contributed by atoms with Gasteiger partial charge in [0.15, 0.2) is 11.5 Å². The lowest BCUT2D eigenvalue weighted by Gasteiger charge is -2.34. The van der Waals surface area contributed by atoms with Gasteiger partial charge in [-0.2, -0.15) is 0 Å². The van der Waals surface area contributed by atoms with Crippen LogP contribution in [0.1, 0.15) is 24.8 Å². The van der Waals surface area contributed by atoms with Gasteiger partial charge in [0.1, 0.15) is 0 Å². The van der Waals surface area contributed by atoms with Crippen LogP contribution in [0.5, 0.6) is 11.5 Å². The summed E-state index contributed by atoms with van der Waals surface area (Å²) in [4.78, 5) is 28.2. The third kappa shape index (κ3) is 3.84. The first kappa shape index (κ1) is 16.9. The van der Waals surface area contributed by atoms with Gasteiger partial charge in [-0.3, -0.25) is 9.59 Å². The van der Waals surface area contributed by atoms with Crippen LogP contribution in [-0.4, -0.2) is 61.0 Å². The van der Waals surface area contributed by atoms with Crippen LogP contribution in [0.4, 0.5) is 0 Å². The number of hydrogen-bond donors (Lipinski definition) is 0. The van der Waals surface area contributed by atoms with Gasteiger partial charge < -0.3 is 19.3 Å². The largest absolute Gasteiger partial charge is 0.490 e. The maximum absolute atomic E-state index is 12.4. The number of carbonyl (C=O) groups excluding carboxylic acids is 2. The Bertz CT molecular complexity index is 719. The van der Waals surface area contributed by atoms with Crippen molar-refractivity contribution in [2.75, 3.05) is 39.4 Å². The number of amides is 2. The summed E-state index contributed by atoms with van der Waals surface area (Å²) in [6, 6.07) is 5.70. The molecule has 1 saturated heterocycles. The van der Waals surface area contributed by atoms with E-state index in [9.17, 15) is 9.59 Å². The fraction of sp³-hybridized carbons (Fsp3) is 0.500. The second kappa shape index (κ2) is 7.40. The molecule has 2 aliphatic heterocycles. The first-order valence-electron chi connectivity index (χ1n) is 9.36. The Morgan fingerprint density at radius 3 is 2.38 bits per heavy atom. The molecular weight excluding hydrogens is 332 g/mol. The fourth-order valence-electron chi connectivity index (χ4n) is 3.29. The molecule has 138 valence electrons. The van der Waals surface area contributed by atoms with E-state index >= 15 is 0 Å². The van der Waals surface area contributed by atoms with Crippen molar-refractivity contribution in [3.05, 3.63) is 29.8 Å². The van der Waals surface area contributed by atoms with Crippen molar-refractivity contribution >= 4 is 17.9 Å². The van der Waals surface area contributed by atoms with Crippen LogP contribution in [0.2, 0.25) is 0 Å². The Morgan fingerprint density at radius 2 is 1.65 bits per heavy atom. The number of benzene rings is 1. The molecule has 1 saturated carbocycles. The molecule has 6 nitrogen and oxygen atoms in total. The van der Waals surface area contributed by atoms with Crippen LogP contribution in [-0.2, 0) is 9.59 Å². The maximum Gasteiger partial charge on any atom is 0.246 e. The van der Waals surface area contributed by atoms with Crippen LogP contribution < -0.4 is 9.47 Å². The molecule has 2 amide bonds. The van der Waals surface area contributed by atoms with Crippen molar-refractivity contribution in [1.82, 2.24) is 9.80 Å². The van der Waals surface area contributed by atoms with Gasteiger partial charge in [0.05, 0.1) is 13.2 Å². The highest BCUT2D eigenvalue weighted by atomic mass is 16.5. The number of nitrogens with zero attached hydrogens (tertiary/aromatic N) is 2.